The predicted octanol–water partition coefficient (Wildman–Crippen LogP) is 3.20. The van der Waals surface area contributed by atoms with Crippen molar-refractivity contribution in [3.8, 4) is 0 Å². The molecule has 142 valence electrons. The first-order valence-electron chi connectivity index (χ1n) is 9.79. The van der Waals surface area contributed by atoms with E-state index < -0.39 is 0 Å². The normalized spacial score (nSPS) is 15.5. The van der Waals surface area contributed by atoms with Crippen molar-refractivity contribution in [1.29, 1.82) is 0 Å². The summed E-state index contributed by atoms with van der Waals surface area (Å²) in [6, 6.07) is 6.62. The third-order valence-electron chi connectivity index (χ3n) is 4.84. The summed E-state index contributed by atoms with van der Waals surface area (Å²) in [5.41, 5.74) is 2.29. The molecule has 2 aromatic rings. The van der Waals surface area contributed by atoms with Crippen LogP contribution >= 0.6 is 0 Å². The second-order valence-electron chi connectivity index (χ2n) is 7.12. The van der Waals surface area contributed by atoms with Crippen LogP contribution in [0, 0.1) is 13.8 Å². The number of guanidine groups is 1. The van der Waals surface area contributed by atoms with Gasteiger partial charge in [0, 0.05) is 37.8 Å². The lowest BCUT2D eigenvalue weighted by molar-refractivity contribution is 0.505. The Bertz CT molecular complexity index is 683. The molecule has 3 rings (SSSR count). The molecular weight excluding hydrogens is 326 g/mol. The molecule has 0 bridgehead atoms. The summed E-state index contributed by atoms with van der Waals surface area (Å²) in [5.74, 6) is 1.93. The first-order chi connectivity index (χ1) is 12.7. The standard InChI is InChI=1S/C20H31N5O/c1-16-15-17(2)25(24-16)13-6-11-21-20(23-18-7-3-4-8-18)22-12-10-19-9-5-14-26-19/h5,9,14-15,18H,3-4,6-8,10-13H2,1-2H3,(H2,21,22,23). The summed E-state index contributed by atoms with van der Waals surface area (Å²) in [7, 11) is 0. The second kappa shape index (κ2) is 9.46. The van der Waals surface area contributed by atoms with E-state index in [1.807, 2.05) is 19.1 Å². The average molecular weight is 358 g/mol. The number of aromatic nitrogens is 2. The van der Waals surface area contributed by atoms with E-state index >= 15 is 0 Å². The number of nitrogens with zero attached hydrogens (tertiary/aromatic N) is 3. The summed E-state index contributed by atoms with van der Waals surface area (Å²) < 4.78 is 7.47. The van der Waals surface area contributed by atoms with E-state index in [1.54, 1.807) is 6.26 Å². The summed E-state index contributed by atoms with van der Waals surface area (Å²) in [5, 5.41) is 11.6. The maximum Gasteiger partial charge on any atom is 0.191 e. The highest BCUT2D eigenvalue weighted by Gasteiger charge is 2.16. The van der Waals surface area contributed by atoms with Crippen molar-refractivity contribution in [2.45, 2.75) is 65.0 Å². The Kier molecular flexibility index (Phi) is 6.75. The molecule has 0 amide bonds. The first-order valence-corrected chi connectivity index (χ1v) is 9.79. The van der Waals surface area contributed by atoms with Crippen LogP contribution in [-0.4, -0.2) is 34.9 Å². The van der Waals surface area contributed by atoms with E-state index in [0.717, 1.165) is 49.9 Å². The molecule has 0 unspecified atom stereocenters. The average Bonchev–Trinajstić information content (AvgIpc) is 3.35. The topological polar surface area (TPSA) is 67.4 Å². The molecular formula is C20H31N5O. The number of furan rings is 1. The molecule has 0 aromatic carbocycles. The molecule has 1 aliphatic carbocycles. The zero-order valence-corrected chi connectivity index (χ0v) is 16.0. The maximum atomic E-state index is 5.40. The Morgan fingerprint density at radius 2 is 2.19 bits per heavy atom. The van der Waals surface area contributed by atoms with Gasteiger partial charge in [0.05, 0.1) is 12.0 Å². The van der Waals surface area contributed by atoms with Crippen LogP contribution in [0.25, 0.3) is 0 Å². The number of rotatable bonds is 8. The van der Waals surface area contributed by atoms with Gasteiger partial charge in [0.25, 0.3) is 0 Å². The molecule has 0 saturated heterocycles. The maximum absolute atomic E-state index is 5.40. The van der Waals surface area contributed by atoms with Crippen LogP contribution < -0.4 is 10.6 Å². The largest absolute Gasteiger partial charge is 0.469 e. The molecule has 2 aromatic heterocycles. The molecule has 1 saturated carbocycles. The quantitative estimate of drug-likeness (QED) is 0.432. The van der Waals surface area contributed by atoms with Crippen molar-refractivity contribution in [1.82, 2.24) is 20.4 Å². The third-order valence-corrected chi connectivity index (χ3v) is 4.84. The molecule has 1 aliphatic rings. The van der Waals surface area contributed by atoms with Gasteiger partial charge in [0.1, 0.15) is 5.76 Å². The van der Waals surface area contributed by atoms with Crippen LogP contribution in [0.1, 0.15) is 49.3 Å². The van der Waals surface area contributed by atoms with Gasteiger partial charge in [-0.25, -0.2) is 0 Å². The lowest BCUT2D eigenvalue weighted by Gasteiger charge is -2.17. The van der Waals surface area contributed by atoms with Gasteiger partial charge in [-0.05, 0) is 51.3 Å². The van der Waals surface area contributed by atoms with Crippen molar-refractivity contribution in [3.05, 3.63) is 41.6 Å². The molecule has 0 aliphatic heterocycles. The van der Waals surface area contributed by atoms with Crippen LogP contribution in [0.5, 0.6) is 0 Å². The molecule has 0 radical (unpaired) electrons. The molecule has 1 fully saturated rings. The van der Waals surface area contributed by atoms with Crippen molar-refractivity contribution in [2.75, 3.05) is 13.1 Å². The van der Waals surface area contributed by atoms with E-state index in [4.69, 9.17) is 9.41 Å². The molecule has 0 atom stereocenters. The summed E-state index contributed by atoms with van der Waals surface area (Å²) in [6.45, 7) is 6.66. The van der Waals surface area contributed by atoms with Gasteiger partial charge in [-0.2, -0.15) is 5.10 Å². The molecule has 26 heavy (non-hydrogen) atoms. The van der Waals surface area contributed by atoms with Gasteiger partial charge in [-0.3, -0.25) is 9.67 Å². The van der Waals surface area contributed by atoms with E-state index in [2.05, 4.69) is 33.4 Å². The number of aliphatic imine (C=N–C) groups is 1. The Balaban J connectivity index is 1.47. The summed E-state index contributed by atoms with van der Waals surface area (Å²) in [4.78, 5) is 4.78. The highest BCUT2D eigenvalue weighted by Crippen LogP contribution is 2.17. The smallest absolute Gasteiger partial charge is 0.191 e. The third kappa shape index (κ3) is 5.64. The van der Waals surface area contributed by atoms with Crippen LogP contribution in [0.4, 0.5) is 0 Å². The Labute approximate surface area is 156 Å². The fourth-order valence-electron chi connectivity index (χ4n) is 3.49. The van der Waals surface area contributed by atoms with Crippen LogP contribution in [0.3, 0.4) is 0 Å². The first kappa shape index (κ1) is 18.5. The lowest BCUT2D eigenvalue weighted by atomic mass is 10.2. The summed E-state index contributed by atoms with van der Waals surface area (Å²) in [6.07, 6.45) is 8.68. The predicted molar refractivity (Wildman–Crippen MR) is 104 cm³/mol. The van der Waals surface area contributed by atoms with Crippen molar-refractivity contribution in [3.63, 3.8) is 0 Å². The number of nitrogens with one attached hydrogen (secondary N) is 2. The Hall–Kier alpha value is -2.24. The minimum absolute atomic E-state index is 0.556. The number of aryl methyl sites for hydroxylation is 3. The zero-order chi connectivity index (χ0) is 18.2. The van der Waals surface area contributed by atoms with Crippen molar-refractivity contribution < 1.29 is 4.42 Å². The number of hydrogen-bond acceptors (Lipinski definition) is 3. The SMILES string of the molecule is Cc1cc(C)n(CCCN=C(NCCc2ccco2)NC2CCCC2)n1. The molecule has 6 nitrogen and oxygen atoms in total. The lowest BCUT2D eigenvalue weighted by Crippen LogP contribution is -2.43. The van der Waals surface area contributed by atoms with Crippen molar-refractivity contribution in [2.24, 2.45) is 4.99 Å². The van der Waals surface area contributed by atoms with Crippen molar-refractivity contribution >= 4 is 5.96 Å². The van der Waals surface area contributed by atoms with E-state index in [-0.39, 0.29) is 0 Å². The molecule has 2 heterocycles. The minimum Gasteiger partial charge on any atom is -0.469 e. The van der Waals surface area contributed by atoms with Gasteiger partial charge < -0.3 is 15.1 Å². The number of hydrogen-bond donors (Lipinski definition) is 2. The van der Waals surface area contributed by atoms with Gasteiger partial charge in [0.15, 0.2) is 5.96 Å². The highest BCUT2D eigenvalue weighted by molar-refractivity contribution is 5.80. The van der Waals surface area contributed by atoms with Gasteiger partial charge in [-0.1, -0.05) is 12.8 Å². The minimum atomic E-state index is 0.556. The molecule has 2 N–H and O–H groups in total. The summed E-state index contributed by atoms with van der Waals surface area (Å²) >= 11 is 0. The Morgan fingerprint density at radius 3 is 2.88 bits per heavy atom. The molecule has 0 spiro atoms. The fraction of sp³-hybridized carbons (Fsp3) is 0.600. The Morgan fingerprint density at radius 1 is 1.35 bits per heavy atom. The molecule has 6 heteroatoms. The zero-order valence-electron chi connectivity index (χ0n) is 16.0. The van der Waals surface area contributed by atoms with Gasteiger partial charge in [-0.15, -0.1) is 0 Å². The van der Waals surface area contributed by atoms with Gasteiger partial charge in [0.2, 0.25) is 0 Å². The van der Waals surface area contributed by atoms with E-state index in [9.17, 15) is 0 Å². The van der Waals surface area contributed by atoms with Crippen LogP contribution in [-0.2, 0) is 13.0 Å². The monoisotopic (exact) mass is 357 g/mol. The van der Waals surface area contributed by atoms with Crippen LogP contribution in [0.2, 0.25) is 0 Å². The van der Waals surface area contributed by atoms with E-state index in [0.29, 0.717) is 6.04 Å². The van der Waals surface area contributed by atoms with E-state index in [1.165, 1.54) is 31.4 Å². The van der Waals surface area contributed by atoms with Gasteiger partial charge >= 0.3 is 0 Å². The fourth-order valence-corrected chi connectivity index (χ4v) is 3.49. The highest BCUT2D eigenvalue weighted by atomic mass is 16.3. The van der Waals surface area contributed by atoms with Crippen LogP contribution in [0.15, 0.2) is 33.9 Å². The second-order valence-corrected chi connectivity index (χ2v) is 7.12.